The van der Waals surface area contributed by atoms with Crippen LogP contribution in [0.15, 0.2) is 226 Å². The maximum Gasteiger partial charge on any atom is 0.573 e. The fraction of sp³-hybridized carbons (Fsp3) is 0.0877. The number of halogens is 3. The number of ether oxygens (including phenoxy) is 1. The van der Waals surface area contributed by atoms with E-state index in [9.17, 15) is 13.2 Å². The minimum absolute atomic E-state index is 0.0841. The minimum atomic E-state index is -4.83. The van der Waals surface area contributed by atoms with Gasteiger partial charge in [0.15, 0.2) is 0 Å². The molecule has 0 N–H and O–H groups in total. The van der Waals surface area contributed by atoms with Gasteiger partial charge in [0.05, 0.1) is 0 Å². The van der Waals surface area contributed by atoms with Crippen LogP contribution in [0.25, 0.3) is 33.4 Å². The third-order valence-corrected chi connectivity index (χ3v) is 12.3. The molecular weight excluding hydrogens is 772 g/mol. The van der Waals surface area contributed by atoms with Gasteiger partial charge in [-0.15, -0.1) is 13.2 Å². The molecular formula is C57H44F3NO. The lowest BCUT2D eigenvalue weighted by Gasteiger charge is -2.36. The van der Waals surface area contributed by atoms with Crippen LogP contribution in [0.4, 0.5) is 30.2 Å². The molecule has 0 aliphatic heterocycles. The zero-order valence-electron chi connectivity index (χ0n) is 34.3. The number of hydrogen-bond acceptors (Lipinski definition) is 2. The summed E-state index contributed by atoms with van der Waals surface area (Å²) in [6.07, 6.45) is 7.21. The Hall–Kier alpha value is -7.37. The highest BCUT2D eigenvalue weighted by molar-refractivity contribution is 5.85. The van der Waals surface area contributed by atoms with Crippen LogP contribution in [0.5, 0.6) is 5.75 Å². The van der Waals surface area contributed by atoms with Gasteiger partial charge in [-0.3, -0.25) is 0 Å². The summed E-state index contributed by atoms with van der Waals surface area (Å²) in [5.41, 5.74) is 13.7. The molecule has 0 saturated heterocycles. The highest BCUT2D eigenvalue weighted by Crippen LogP contribution is 2.61. The first-order chi connectivity index (χ1) is 30.1. The fourth-order valence-electron chi connectivity index (χ4n) is 9.40. The van der Waals surface area contributed by atoms with Crippen LogP contribution in [0.2, 0.25) is 0 Å². The van der Waals surface area contributed by atoms with E-state index < -0.39 is 11.8 Å². The van der Waals surface area contributed by atoms with Crippen LogP contribution in [-0.2, 0) is 5.41 Å². The van der Waals surface area contributed by atoms with Gasteiger partial charge < -0.3 is 9.64 Å². The van der Waals surface area contributed by atoms with Crippen LogP contribution in [0.3, 0.4) is 0 Å². The topological polar surface area (TPSA) is 12.5 Å². The number of allylic oxidation sites excluding steroid dienone is 8. The van der Waals surface area contributed by atoms with Gasteiger partial charge in [0.2, 0.25) is 0 Å². The van der Waals surface area contributed by atoms with E-state index in [0.29, 0.717) is 0 Å². The predicted molar refractivity (Wildman–Crippen MR) is 250 cm³/mol. The second kappa shape index (κ2) is 16.6. The SMILES string of the molecule is C=C/C=C(\C=C)c1ccc(N(c2ccc(-c3ccccc3)cc2)c2ccc3c(c2)C(C)(c2cccc(OC(F)(F)F)c2)C2C=CC=C(c4cccc(-c5ccccc5)c4)C32)cc1. The summed E-state index contributed by atoms with van der Waals surface area (Å²) < 4.78 is 45.6. The monoisotopic (exact) mass is 815 g/mol. The summed E-state index contributed by atoms with van der Waals surface area (Å²) in [7, 11) is 0. The largest absolute Gasteiger partial charge is 0.573 e. The molecule has 0 radical (unpaired) electrons. The average molecular weight is 816 g/mol. The summed E-state index contributed by atoms with van der Waals surface area (Å²) in [6, 6.07) is 59.3. The minimum Gasteiger partial charge on any atom is -0.406 e. The molecule has 0 amide bonds. The summed E-state index contributed by atoms with van der Waals surface area (Å²) in [4.78, 5) is 2.24. The summed E-state index contributed by atoms with van der Waals surface area (Å²) in [6.45, 7) is 10.1. The first kappa shape index (κ1) is 40.1. The maximum absolute atomic E-state index is 13.7. The lowest BCUT2D eigenvalue weighted by atomic mass is 9.66. The van der Waals surface area contributed by atoms with E-state index in [1.54, 1.807) is 18.2 Å². The molecule has 62 heavy (non-hydrogen) atoms. The lowest BCUT2D eigenvalue weighted by Crippen LogP contribution is -2.31. The zero-order valence-corrected chi connectivity index (χ0v) is 34.3. The molecule has 304 valence electrons. The van der Waals surface area contributed by atoms with E-state index in [1.807, 2.05) is 54.6 Å². The first-order valence-electron chi connectivity index (χ1n) is 20.7. The quantitative estimate of drug-likeness (QED) is 0.121. The van der Waals surface area contributed by atoms with Crippen LogP contribution < -0.4 is 9.64 Å². The molecule has 0 fully saturated rings. The molecule has 2 aliphatic rings. The second-order valence-electron chi connectivity index (χ2n) is 15.9. The Morgan fingerprint density at radius 1 is 0.629 bits per heavy atom. The van der Waals surface area contributed by atoms with Crippen molar-refractivity contribution in [2.24, 2.45) is 5.92 Å². The van der Waals surface area contributed by atoms with Crippen LogP contribution in [-0.4, -0.2) is 6.36 Å². The first-order valence-corrected chi connectivity index (χ1v) is 20.7. The predicted octanol–water partition coefficient (Wildman–Crippen LogP) is 15.8. The molecule has 5 heteroatoms. The van der Waals surface area contributed by atoms with Crippen molar-refractivity contribution in [2.45, 2.75) is 24.6 Å². The van der Waals surface area contributed by atoms with Crippen LogP contribution >= 0.6 is 0 Å². The van der Waals surface area contributed by atoms with Gasteiger partial charge in [-0.2, -0.15) is 0 Å². The lowest BCUT2D eigenvalue weighted by molar-refractivity contribution is -0.274. The van der Waals surface area contributed by atoms with E-state index >= 15 is 0 Å². The Balaban J connectivity index is 1.22. The highest BCUT2D eigenvalue weighted by atomic mass is 19.4. The molecule has 9 rings (SSSR count). The molecule has 2 nitrogen and oxygen atoms in total. The third kappa shape index (κ3) is 7.63. The normalized spacial score (nSPS) is 18.0. The molecule has 0 bridgehead atoms. The average Bonchev–Trinajstić information content (AvgIpc) is 3.57. The van der Waals surface area contributed by atoms with Crippen molar-refractivity contribution in [1.29, 1.82) is 0 Å². The Morgan fingerprint density at radius 2 is 1.23 bits per heavy atom. The summed E-state index contributed by atoms with van der Waals surface area (Å²) in [5, 5.41) is 0. The number of fused-ring (bicyclic) bond motifs is 3. The van der Waals surface area contributed by atoms with Gasteiger partial charge in [-0.05, 0) is 116 Å². The van der Waals surface area contributed by atoms with Crippen molar-refractivity contribution < 1.29 is 17.9 Å². The number of alkyl halides is 3. The Morgan fingerprint density at radius 3 is 1.89 bits per heavy atom. The number of benzene rings is 7. The number of anilines is 3. The van der Waals surface area contributed by atoms with E-state index in [2.05, 4.69) is 163 Å². The molecule has 0 aromatic heterocycles. The van der Waals surface area contributed by atoms with Gasteiger partial charge >= 0.3 is 6.36 Å². The Kier molecular flexibility index (Phi) is 10.7. The van der Waals surface area contributed by atoms with Crippen molar-refractivity contribution in [3.8, 4) is 28.0 Å². The molecule has 3 atom stereocenters. The molecule has 0 spiro atoms. The number of hydrogen-bond donors (Lipinski definition) is 0. The van der Waals surface area contributed by atoms with Crippen molar-refractivity contribution in [3.05, 3.63) is 253 Å². The molecule has 0 saturated carbocycles. The highest BCUT2D eigenvalue weighted by Gasteiger charge is 2.51. The van der Waals surface area contributed by atoms with Crippen molar-refractivity contribution in [2.75, 3.05) is 4.90 Å². The molecule has 2 aliphatic carbocycles. The summed E-state index contributed by atoms with van der Waals surface area (Å²) >= 11 is 0. The van der Waals surface area contributed by atoms with E-state index in [0.717, 1.165) is 78.3 Å². The van der Waals surface area contributed by atoms with Gasteiger partial charge in [0.25, 0.3) is 0 Å². The van der Waals surface area contributed by atoms with E-state index in [1.165, 1.54) is 6.07 Å². The van der Waals surface area contributed by atoms with Crippen molar-refractivity contribution >= 4 is 28.2 Å². The van der Waals surface area contributed by atoms with Crippen LogP contribution in [0, 0.1) is 5.92 Å². The molecule has 7 aromatic rings. The molecule has 0 heterocycles. The number of nitrogens with zero attached hydrogens (tertiary/aromatic N) is 1. The van der Waals surface area contributed by atoms with Crippen molar-refractivity contribution in [3.63, 3.8) is 0 Å². The molecule has 7 aromatic carbocycles. The third-order valence-electron chi connectivity index (χ3n) is 12.3. The number of rotatable bonds is 11. The van der Waals surface area contributed by atoms with E-state index in [4.69, 9.17) is 0 Å². The molecule has 3 unspecified atom stereocenters. The Labute approximate surface area is 361 Å². The van der Waals surface area contributed by atoms with E-state index in [-0.39, 0.29) is 17.6 Å². The summed E-state index contributed by atoms with van der Waals surface area (Å²) in [5.74, 6) is -0.451. The second-order valence-corrected chi connectivity index (χ2v) is 15.9. The fourth-order valence-corrected chi connectivity index (χ4v) is 9.40. The maximum atomic E-state index is 13.7. The van der Waals surface area contributed by atoms with Gasteiger partial charge in [-0.1, -0.05) is 178 Å². The zero-order chi connectivity index (χ0) is 42.8. The van der Waals surface area contributed by atoms with Crippen LogP contribution in [0.1, 0.15) is 40.7 Å². The van der Waals surface area contributed by atoms with Gasteiger partial charge in [0, 0.05) is 34.3 Å². The van der Waals surface area contributed by atoms with Gasteiger partial charge in [0.1, 0.15) is 5.75 Å². The smallest absolute Gasteiger partial charge is 0.406 e. The van der Waals surface area contributed by atoms with Gasteiger partial charge in [-0.25, -0.2) is 0 Å². The van der Waals surface area contributed by atoms with Crippen molar-refractivity contribution in [1.82, 2.24) is 0 Å². The Bertz CT molecular complexity index is 2850. The standard InChI is InChI=1S/C57H44F3NO/c1-4-15-39(5-2)42-26-30-47(31-27-42)61(48-32-28-43(29-33-48)40-16-8-6-9-17-40)49-34-35-52-54(38-49)56(3,46-22-13-23-50(37-46)62-57(58,59)60)53-25-14-24-51(55(52)53)45-21-12-20-44(36-45)41-18-10-7-11-19-41/h4-38,53,55H,1-2H2,3H3/b39-15+.